The summed E-state index contributed by atoms with van der Waals surface area (Å²) in [6.45, 7) is 9.30. The smallest absolute Gasteiger partial charge is 0.00489 e. The number of hydrogen-bond acceptors (Lipinski definition) is 1. The van der Waals surface area contributed by atoms with Crippen molar-refractivity contribution in [3.8, 4) is 0 Å². The average Bonchev–Trinajstić information content (AvgIpc) is 2.20. The molecule has 0 aromatic rings. The molecule has 0 bridgehead atoms. The summed E-state index contributed by atoms with van der Waals surface area (Å²) in [7, 11) is 0. The number of rotatable bonds is 10. The fraction of sp³-hybridized carbons (Fsp3) is 1.00. The van der Waals surface area contributed by atoms with Gasteiger partial charge < -0.3 is 5.32 Å². The van der Waals surface area contributed by atoms with Gasteiger partial charge in [-0.2, -0.15) is 0 Å². The van der Waals surface area contributed by atoms with Gasteiger partial charge in [0.15, 0.2) is 0 Å². The Balaban J connectivity index is 3.02. The van der Waals surface area contributed by atoms with Crippen LogP contribution in [0.1, 0.15) is 65.7 Å². The SMILES string of the molecule is CCCCC(C)CCCCNCCC. The van der Waals surface area contributed by atoms with Crippen molar-refractivity contribution >= 4 is 0 Å². The fourth-order valence-electron chi connectivity index (χ4n) is 1.74. The summed E-state index contributed by atoms with van der Waals surface area (Å²) in [5.41, 5.74) is 0. The van der Waals surface area contributed by atoms with Gasteiger partial charge in [-0.25, -0.2) is 0 Å². The highest BCUT2D eigenvalue weighted by molar-refractivity contribution is 4.55. The van der Waals surface area contributed by atoms with Crippen LogP contribution in [-0.2, 0) is 0 Å². The minimum Gasteiger partial charge on any atom is -0.317 e. The van der Waals surface area contributed by atoms with Crippen molar-refractivity contribution in [2.24, 2.45) is 5.92 Å². The Kier molecular flexibility index (Phi) is 11.0. The van der Waals surface area contributed by atoms with E-state index in [9.17, 15) is 0 Å². The van der Waals surface area contributed by atoms with Gasteiger partial charge in [0.1, 0.15) is 0 Å². The molecular formula is C13H29N. The van der Waals surface area contributed by atoms with Crippen molar-refractivity contribution in [2.45, 2.75) is 65.7 Å². The van der Waals surface area contributed by atoms with E-state index in [0.717, 1.165) is 5.92 Å². The molecule has 0 fully saturated rings. The van der Waals surface area contributed by atoms with E-state index in [-0.39, 0.29) is 0 Å². The fourth-order valence-corrected chi connectivity index (χ4v) is 1.74. The van der Waals surface area contributed by atoms with E-state index < -0.39 is 0 Å². The molecule has 0 aromatic carbocycles. The van der Waals surface area contributed by atoms with E-state index in [0.29, 0.717) is 0 Å². The van der Waals surface area contributed by atoms with Gasteiger partial charge in [-0.1, -0.05) is 52.9 Å². The molecule has 1 unspecified atom stereocenters. The van der Waals surface area contributed by atoms with Crippen molar-refractivity contribution in [1.82, 2.24) is 5.32 Å². The second-order valence-electron chi connectivity index (χ2n) is 4.49. The normalized spacial score (nSPS) is 13.1. The van der Waals surface area contributed by atoms with E-state index in [1.54, 1.807) is 0 Å². The van der Waals surface area contributed by atoms with E-state index in [4.69, 9.17) is 0 Å². The molecule has 1 heteroatoms. The monoisotopic (exact) mass is 199 g/mol. The Morgan fingerprint density at radius 2 is 1.57 bits per heavy atom. The minimum absolute atomic E-state index is 0.945. The maximum absolute atomic E-state index is 3.45. The van der Waals surface area contributed by atoms with Gasteiger partial charge in [0.25, 0.3) is 0 Å². The van der Waals surface area contributed by atoms with E-state index in [1.807, 2.05) is 0 Å². The molecule has 0 radical (unpaired) electrons. The molecule has 1 nitrogen and oxygen atoms in total. The first kappa shape index (κ1) is 14.0. The zero-order valence-corrected chi connectivity index (χ0v) is 10.4. The van der Waals surface area contributed by atoms with Crippen LogP contribution in [0, 0.1) is 5.92 Å². The van der Waals surface area contributed by atoms with E-state index >= 15 is 0 Å². The first-order valence-electron chi connectivity index (χ1n) is 6.52. The lowest BCUT2D eigenvalue weighted by Gasteiger charge is -2.10. The quantitative estimate of drug-likeness (QED) is 0.525. The van der Waals surface area contributed by atoms with Gasteiger partial charge in [-0.15, -0.1) is 0 Å². The highest BCUT2D eigenvalue weighted by Crippen LogP contribution is 2.14. The van der Waals surface area contributed by atoms with Gasteiger partial charge in [-0.05, 0) is 31.8 Å². The molecule has 0 amide bonds. The van der Waals surface area contributed by atoms with Crippen LogP contribution in [0.15, 0.2) is 0 Å². The van der Waals surface area contributed by atoms with Crippen molar-refractivity contribution in [3.63, 3.8) is 0 Å². The Morgan fingerprint density at radius 3 is 2.21 bits per heavy atom. The molecule has 0 spiro atoms. The maximum Gasteiger partial charge on any atom is -0.00489 e. The largest absolute Gasteiger partial charge is 0.317 e. The lowest BCUT2D eigenvalue weighted by molar-refractivity contribution is 0.445. The lowest BCUT2D eigenvalue weighted by Crippen LogP contribution is -2.15. The molecule has 0 aromatic heterocycles. The first-order chi connectivity index (χ1) is 6.81. The molecule has 0 saturated carbocycles. The van der Waals surface area contributed by atoms with Crippen LogP contribution >= 0.6 is 0 Å². The van der Waals surface area contributed by atoms with Crippen LogP contribution < -0.4 is 5.32 Å². The minimum atomic E-state index is 0.945. The summed E-state index contributed by atoms with van der Waals surface area (Å²) in [5, 5.41) is 3.45. The average molecular weight is 199 g/mol. The van der Waals surface area contributed by atoms with Crippen LogP contribution in [0.25, 0.3) is 0 Å². The van der Waals surface area contributed by atoms with Crippen LogP contribution in [0.4, 0.5) is 0 Å². The van der Waals surface area contributed by atoms with Gasteiger partial charge >= 0.3 is 0 Å². The second kappa shape index (κ2) is 11.0. The Hall–Kier alpha value is -0.0400. The van der Waals surface area contributed by atoms with E-state index in [1.165, 1.54) is 58.0 Å². The zero-order chi connectivity index (χ0) is 10.6. The molecule has 1 atom stereocenters. The van der Waals surface area contributed by atoms with E-state index in [2.05, 4.69) is 26.1 Å². The van der Waals surface area contributed by atoms with Crippen molar-refractivity contribution in [2.75, 3.05) is 13.1 Å². The summed E-state index contributed by atoms with van der Waals surface area (Å²) >= 11 is 0. The molecule has 86 valence electrons. The molecule has 0 rings (SSSR count). The zero-order valence-electron chi connectivity index (χ0n) is 10.4. The van der Waals surface area contributed by atoms with Crippen molar-refractivity contribution < 1.29 is 0 Å². The molecule has 0 aliphatic heterocycles. The van der Waals surface area contributed by atoms with Crippen molar-refractivity contribution in [3.05, 3.63) is 0 Å². The van der Waals surface area contributed by atoms with Crippen LogP contribution in [-0.4, -0.2) is 13.1 Å². The molecular weight excluding hydrogens is 170 g/mol. The van der Waals surface area contributed by atoms with Gasteiger partial charge in [0.2, 0.25) is 0 Å². The standard InChI is InChI=1S/C13H29N/c1-4-6-9-13(3)10-7-8-12-14-11-5-2/h13-14H,4-12H2,1-3H3. The van der Waals surface area contributed by atoms with Gasteiger partial charge in [0.05, 0.1) is 0 Å². The summed E-state index contributed by atoms with van der Waals surface area (Å²) < 4.78 is 0. The van der Waals surface area contributed by atoms with Crippen LogP contribution in [0.5, 0.6) is 0 Å². The molecule has 0 aliphatic carbocycles. The molecule has 14 heavy (non-hydrogen) atoms. The Labute approximate surface area is 90.7 Å². The molecule has 0 saturated heterocycles. The Bertz CT molecular complexity index is 101. The third-order valence-corrected chi connectivity index (χ3v) is 2.78. The number of unbranched alkanes of at least 4 members (excludes halogenated alkanes) is 2. The predicted molar refractivity (Wildman–Crippen MR) is 65.7 cm³/mol. The number of hydrogen-bond donors (Lipinski definition) is 1. The summed E-state index contributed by atoms with van der Waals surface area (Å²) in [5.74, 6) is 0.945. The number of nitrogens with one attached hydrogen (secondary N) is 1. The summed E-state index contributed by atoms with van der Waals surface area (Å²) in [6.07, 6.45) is 9.63. The summed E-state index contributed by atoms with van der Waals surface area (Å²) in [4.78, 5) is 0. The highest BCUT2D eigenvalue weighted by Gasteiger charge is 2.00. The van der Waals surface area contributed by atoms with Crippen LogP contribution in [0.3, 0.4) is 0 Å². The lowest BCUT2D eigenvalue weighted by atomic mass is 9.98. The second-order valence-corrected chi connectivity index (χ2v) is 4.49. The Morgan fingerprint density at radius 1 is 0.857 bits per heavy atom. The topological polar surface area (TPSA) is 12.0 Å². The highest BCUT2D eigenvalue weighted by atomic mass is 14.8. The van der Waals surface area contributed by atoms with Gasteiger partial charge in [-0.3, -0.25) is 0 Å². The van der Waals surface area contributed by atoms with Crippen LogP contribution in [0.2, 0.25) is 0 Å². The molecule has 1 N–H and O–H groups in total. The third-order valence-electron chi connectivity index (χ3n) is 2.78. The third kappa shape index (κ3) is 10.0. The molecule has 0 heterocycles. The first-order valence-corrected chi connectivity index (χ1v) is 6.52. The van der Waals surface area contributed by atoms with Gasteiger partial charge in [0, 0.05) is 0 Å². The predicted octanol–water partition coefficient (Wildman–Crippen LogP) is 3.98. The maximum atomic E-state index is 3.45. The summed E-state index contributed by atoms with van der Waals surface area (Å²) in [6, 6.07) is 0. The van der Waals surface area contributed by atoms with Crippen molar-refractivity contribution in [1.29, 1.82) is 0 Å². The molecule has 0 aliphatic rings.